The highest BCUT2D eigenvalue weighted by molar-refractivity contribution is 8.00. The second-order valence-corrected chi connectivity index (χ2v) is 9.34. The Labute approximate surface area is 157 Å². The zero-order valence-electron chi connectivity index (χ0n) is 14.5. The van der Waals surface area contributed by atoms with Crippen LogP contribution in [0.4, 0.5) is 0 Å². The van der Waals surface area contributed by atoms with Crippen molar-refractivity contribution >= 4 is 28.9 Å². The summed E-state index contributed by atoms with van der Waals surface area (Å²) < 4.78 is 2.38. The van der Waals surface area contributed by atoms with Crippen molar-refractivity contribution in [2.75, 3.05) is 0 Å². The molecule has 0 amide bonds. The highest BCUT2D eigenvalue weighted by atomic mass is 32.2. The molecule has 25 heavy (non-hydrogen) atoms. The molecule has 4 nitrogen and oxygen atoms in total. The average Bonchev–Trinajstić information content (AvgIpc) is 3.28. The van der Waals surface area contributed by atoms with Crippen molar-refractivity contribution in [2.45, 2.75) is 80.7 Å². The molecule has 2 aliphatic carbocycles. The molecule has 0 N–H and O–H groups in total. The topological polar surface area (TPSA) is 47.8 Å². The van der Waals surface area contributed by atoms with E-state index in [1.165, 1.54) is 37.0 Å². The minimum absolute atomic E-state index is 0.0786. The summed E-state index contributed by atoms with van der Waals surface area (Å²) in [7, 11) is 0. The smallest absolute Gasteiger partial charge is 0.192 e. The number of Topliss-reactive ketones (excluding diaryl/α,β-unsaturated/α-hetero) is 1. The maximum atomic E-state index is 12.3. The molecule has 0 unspecified atom stereocenters. The maximum Gasteiger partial charge on any atom is 0.192 e. The number of thiophene rings is 1. The van der Waals surface area contributed by atoms with Gasteiger partial charge in [0.05, 0.1) is 5.25 Å². The van der Waals surface area contributed by atoms with Gasteiger partial charge in [-0.05, 0) is 37.1 Å². The largest absolute Gasteiger partial charge is 0.303 e. The monoisotopic (exact) mass is 375 g/mol. The summed E-state index contributed by atoms with van der Waals surface area (Å²) >= 11 is 3.45. The van der Waals surface area contributed by atoms with Crippen molar-refractivity contribution in [1.82, 2.24) is 14.8 Å². The van der Waals surface area contributed by atoms with E-state index in [-0.39, 0.29) is 5.25 Å². The molecular formula is C19H25N3OS2. The Kier molecular flexibility index (Phi) is 5.56. The van der Waals surface area contributed by atoms with E-state index in [1.807, 2.05) is 0 Å². The van der Waals surface area contributed by atoms with Gasteiger partial charge >= 0.3 is 0 Å². The molecule has 0 saturated heterocycles. The first-order valence-electron chi connectivity index (χ1n) is 9.47. The number of thioether (sulfide) groups is 1. The normalized spacial score (nSPS) is 22.4. The fourth-order valence-corrected chi connectivity index (χ4v) is 5.93. The van der Waals surface area contributed by atoms with E-state index < -0.39 is 0 Å². The Morgan fingerprint density at radius 3 is 2.72 bits per heavy atom. The third kappa shape index (κ3) is 4.00. The average molecular weight is 376 g/mol. The van der Waals surface area contributed by atoms with Gasteiger partial charge in [0.1, 0.15) is 11.6 Å². The van der Waals surface area contributed by atoms with Gasteiger partial charge < -0.3 is 4.57 Å². The summed E-state index contributed by atoms with van der Waals surface area (Å²) in [6.07, 6.45) is 11.1. The summed E-state index contributed by atoms with van der Waals surface area (Å²) in [6.45, 7) is 0. The first kappa shape index (κ1) is 17.3. The predicted molar refractivity (Wildman–Crippen MR) is 102 cm³/mol. The first-order chi connectivity index (χ1) is 12.3. The van der Waals surface area contributed by atoms with E-state index in [9.17, 15) is 4.79 Å². The Balaban J connectivity index is 1.60. The van der Waals surface area contributed by atoms with Crippen LogP contribution in [0.1, 0.15) is 74.5 Å². The fraction of sp³-hybridized carbons (Fsp3) is 0.632. The third-order valence-corrected chi connectivity index (χ3v) is 7.48. The lowest BCUT2D eigenvalue weighted by Gasteiger charge is -2.27. The second kappa shape index (κ2) is 8.04. The predicted octanol–water partition coefficient (Wildman–Crippen LogP) is 5.04. The second-order valence-electron chi connectivity index (χ2n) is 7.14. The number of nitrogens with zero attached hydrogens (tertiary/aromatic N) is 3. The van der Waals surface area contributed by atoms with Crippen LogP contribution in [0.5, 0.6) is 0 Å². The van der Waals surface area contributed by atoms with E-state index in [0.29, 0.717) is 11.8 Å². The van der Waals surface area contributed by atoms with Gasteiger partial charge in [-0.25, -0.2) is 0 Å². The number of carbonyl (C=O) groups is 1. The van der Waals surface area contributed by atoms with Crippen molar-refractivity contribution in [3.63, 3.8) is 0 Å². The van der Waals surface area contributed by atoms with Crippen LogP contribution in [0.15, 0.2) is 22.7 Å². The Morgan fingerprint density at radius 1 is 1.12 bits per heavy atom. The Hall–Kier alpha value is -1.14. The van der Waals surface area contributed by atoms with Gasteiger partial charge in [-0.1, -0.05) is 43.5 Å². The Morgan fingerprint density at radius 2 is 1.96 bits per heavy atom. The lowest BCUT2D eigenvalue weighted by molar-refractivity contribution is -0.119. The standard InChI is InChI=1S/C19H25N3OS2/c23-16-10-4-5-11-17(16)25-19-21-20-18(13-15-9-6-12-24-15)22(19)14-7-2-1-3-8-14/h6,9,12,14,17H,1-5,7-8,10-11,13H2/t17-/m1/s1. The molecule has 2 aromatic rings. The zero-order chi connectivity index (χ0) is 17.1. The molecule has 4 rings (SSSR count). The van der Waals surface area contributed by atoms with Crippen LogP contribution in [0.2, 0.25) is 0 Å². The van der Waals surface area contributed by atoms with Crippen LogP contribution in [0, 0.1) is 0 Å². The summed E-state index contributed by atoms with van der Waals surface area (Å²) in [5.74, 6) is 1.47. The van der Waals surface area contributed by atoms with Gasteiger partial charge in [0.25, 0.3) is 0 Å². The van der Waals surface area contributed by atoms with E-state index >= 15 is 0 Å². The third-order valence-electron chi connectivity index (χ3n) is 5.33. The maximum absolute atomic E-state index is 12.3. The molecule has 0 aromatic carbocycles. The molecule has 2 saturated carbocycles. The zero-order valence-corrected chi connectivity index (χ0v) is 16.2. The van der Waals surface area contributed by atoms with E-state index in [1.54, 1.807) is 23.1 Å². The van der Waals surface area contributed by atoms with E-state index in [4.69, 9.17) is 0 Å². The van der Waals surface area contributed by atoms with E-state index in [0.717, 1.165) is 43.1 Å². The van der Waals surface area contributed by atoms with Crippen molar-refractivity contribution in [2.24, 2.45) is 0 Å². The molecular weight excluding hydrogens is 350 g/mol. The number of ketones is 1. The lowest BCUT2D eigenvalue weighted by atomic mass is 9.95. The molecule has 1 atom stereocenters. The SMILES string of the molecule is O=C1CCCC[C@H]1Sc1nnc(Cc2cccs2)n1C1CCCCC1. The van der Waals surface area contributed by atoms with Gasteiger partial charge in [-0.2, -0.15) is 0 Å². The summed E-state index contributed by atoms with van der Waals surface area (Å²) in [6, 6.07) is 4.76. The number of hydrogen-bond acceptors (Lipinski definition) is 5. The molecule has 0 bridgehead atoms. The molecule has 2 fully saturated rings. The van der Waals surface area contributed by atoms with Gasteiger partial charge in [0.15, 0.2) is 5.16 Å². The van der Waals surface area contributed by atoms with Crippen LogP contribution in [0.3, 0.4) is 0 Å². The van der Waals surface area contributed by atoms with Crippen molar-refractivity contribution in [3.05, 3.63) is 28.2 Å². The number of aromatic nitrogens is 3. The van der Waals surface area contributed by atoms with Crippen LogP contribution >= 0.6 is 23.1 Å². The van der Waals surface area contributed by atoms with Gasteiger partial charge in [0, 0.05) is 23.8 Å². The fourth-order valence-electron chi connectivity index (χ4n) is 3.99. The summed E-state index contributed by atoms with van der Waals surface area (Å²) in [4.78, 5) is 13.6. The number of hydrogen-bond donors (Lipinski definition) is 0. The van der Waals surface area contributed by atoms with E-state index in [2.05, 4.69) is 32.3 Å². The van der Waals surface area contributed by atoms with Crippen LogP contribution in [0.25, 0.3) is 0 Å². The molecule has 0 radical (unpaired) electrons. The molecule has 6 heteroatoms. The Bertz CT molecular complexity index is 704. The van der Waals surface area contributed by atoms with Gasteiger partial charge in [0.2, 0.25) is 0 Å². The first-order valence-corrected chi connectivity index (χ1v) is 11.2. The molecule has 2 heterocycles. The minimum atomic E-state index is 0.0786. The van der Waals surface area contributed by atoms with Crippen molar-refractivity contribution in [1.29, 1.82) is 0 Å². The van der Waals surface area contributed by atoms with Crippen molar-refractivity contribution < 1.29 is 4.79 Å². The van der Waals surface area contributed by atoms with Crippen LogP contribution in [-0.4, -0.2) is 25.8 Å². The highest BCUT2D eigenvalue weighted by Gasteiger charge is 2.29. The lowest BCUT2D eigenvalue weighted by Crippen LogP contribution is -2.23. The number of rotatable bonds is 5. The van der Waals surface area contributed by atoms with Crippen molar-refractivity contribution in [3.8, 4) is 0 Å². The summed E-state index contributed by atoms with van der Waals surface area (Å²) in [5.41, 5.74) is 0. The molecule has 134 valence electrons. The molecule has 0 aliphatic heterocycles. The van der Waals surface area contributed by atoms with Gasteiger partial charge in [-0.3, -0.25) is 4.79 Å². The number of carbonyl (C=O) groups excluding carboxylic acids is 1. The van der Waals surface area contributed by atoms with Crippen LogP contribution in [-0.2, 0) is 11.2 Å². The van der Waals surface area contributed by atoms with Crippen LogP contribution < -0.4 is 0 Å². The minimum Gasteiger partial charge on any atom is -0.303 e. The quantitative estimate of drug-likeness (QED) is 0.734. The van der Waals surface area contributed by atoms with Gasteiger partial charge in [-0.15, -0.1) is 21.5 Å². The molecule has 2 aliphatic rings. The molecule has 2 aromatic heterocycles. The summed E-state index contributed by atoms with van der Waals surface area (Å²) in [5, 5.41) is 12.2. The highest BCUT2D eigenvalue weighted by Crippen LogP contribution is 2.37. The molecule has 0 spiro atoms.